The van der Waals surface area contributed by atoms with E-state index < -0.39 is 0 Å². The minimum absolute atomic E-state index is 0.0997. The largest absolute Gasteiger partial charge is 0.461 e. The van der Waals surface area contributed by atoms with Crippen molar-refractivity contribution < 1.29 is 14.3 Å². The Kier molecular flexibility index (Phi) is 7.27. The Labute approximate surface area is 150 Å². The van der Waals surface area contributed by atoms with Crippen molar-refractivity contribution in [2.75, 3.05) is 45.9 Å². The highest BCUT2D eigenvalue weighted by Crippen LogP contribution is 2.15. The van der Waals surface area contributed by atoms with E-state index in [-0.39, 0.29) is 12.0 Å². The van der Waals surface area contributed by atoms with Crippen LogP contribution < -0.4 is 0 Å². The predicted octanol–water partition coefficient (Wildman–Crippen LogP) is 2.31. The molecule has 1 aromatic rings. The van der Waals surface area contributed by atoms with Crippen molar-refractivity contribution in [1.82, 2.24) is 9.80 Å². The van der Waals surface area contributed by atoms with E-state index in [1.54, 1.807) is 0 Å². The number of piperidine rings is 1. The zero-order valence-corrected chi connectivity index (χ0v) is 15.1. The third-order valence-electron chi connectivity index (χ3n) is 5.12. The van der Waals surface area contributed by atoms with Gasteiger partial charge >= 0.3 is 5.97 Å². The maximum Gasteiger partial charge on any atom is 0.307 e. The van der Waals surface area contributed by atoms with Crippen LogP contribution in [0.25, 0.3) is 0 Å². The van der Waals surface area contributed by atoms with Crippen LogP contribution in [0.4, 0.5) is 0 Å². The first-order valence-corrected chi connectivity index (χ1v) is 9.55. The molecule has 0 bridgehead atoms. The van der Waals surface area contributed by atoms with Gasteiger partial charge in [-0.05, 0) is 31.5 Å². The molecule has 0 amide bonds. The minimum atomic E-state index is -0.0997. The zero-order chi connectivity index (χ0) is 17.3. The van der Waals surface area contributed by atoms with Gasteiger partial charge in [0.15, 0.2) is 0 Å². The topological polar surface area (TPSA) is 42.0 Å². The van der Waals surface area contributed by atoms with Crippen molar-refractivity contribution in [3.63, 3.8) is 0 Å². The Morgan fingerprint density at radius 3 is 2.48 bits per heavy atom. The number of carbonyl (C=O) groups excluding carboxylic acids is 1. The summed E-state index contributed by atoms with van der Waals surface area (Å²) in [5.74, 6) is -0.0997. The molecule has 0 spiro atoms. The van der Waals surface area contributed by atoms with E-state index in [1.807, 2.05) is 30.3 Å². The summed E-state index contributed by atoms with van der Waals surface area (Å²) in [6.07, 6.45) is 4.34. The number of carbonyl (C=O) groups is 1. The quantitative estimate of drug-likeness (QED) is 0.709. The van der Waals surface area contributed by atoms with Gasteiger partial charge < -0.3 is 14.4 Å². The zero-order valence-electron chi connectivity index (χ0n) is 15.1. The summed E-state index contributed by atoms with van der Waals surface area (Å²) in [4.78, 5) is 17.3. The summed E-state index contributed by atoms with van der Waals surface area (Å²) in [6, 6.07) is 10.1. The molecule has 138 valence electrons. The van der Waals surface area contributed by atoms with E-state index in [0.29, 0.717) is 13.0 Å². The third kappa shape index (κ3) is 6.10. The maximum atomic E-state index is 12.4. The fourth-order valence-corrected chi connectivity index (χ4v) is 3.68. The average Bonchev–Trinajstić information content (AvgIpc) is 2.68. The second kappa shape index (κ2) is 9.90. The Bertz CT molecular complexity index is 511. The highest BCUT2D eigenvalue weighted by molar-refractivity contribution is 5.70. The number of morpholine rings is 1. The lowest BCUT2D eigenvalue weighted by Gasteiger charge is -2.38. The van der Waals surface area contributed by atoms with Crippen LogP contribution in [0, 0.1) is 0 Å². The summed E-state index contributed by atoms with van der Waals surface area (Å²) in [7, 11) is 0. The molecule has 1 unspecified atom stereocenters. The molecule has 1 atom stereocenters. The lowest BCUT2D eigenvalue weighted by atomic mass is 10.1. The van der Waals surface area contributed by atoms with Gasteiger partial charge in [0.2, 0.25) is 0 Å². The highest BCUT2D eigenvalue weighted by atomic mass is 16.5. The van der Waals surface area contributed by atoms with Crippen LogP contribution in [0.3, 0.4) is 0 Å². The van der Waals surface area contributed by atoms with Gasteiger partial charge in [-0.25, -0.2) is 0 Å². The van der Waals surface area contributed by atoms with Gasteiger partial charge in [-0.1, -0.05) is 36.8 Å². The second-order valence-electron chi connectivity index (χ2n) is 7.01. The van der Waals surface area contributed by atoms with Crippen LogP contribution in [-0.2, 0) is 20.9 Å². The molecule has 2 saturated heterocycles. The summed E-state index contributed by atoms with van der Waals surface area (Å²) < 4.78 is 11.0. The number of hydrogen-bond donors (Lipinski definition) is 0. The van der Waals surface area contributed by atoms with Crippen LogP contribution in [0.1, 0.15) is 31.2 Å². The average molecular weight is 346 g/mol. The summed E-state index contributed by atoms with van der Waals surface area (Å²) in [5.41, 5.74) is 1.04. The summed E-state index contributed by atoms with van der Waals surface area (Å²) in [5, 5.41) is 0. The van der Waals surface area contributed by atoms with Crippen LogP contribution in [-0.4, -0.2) is 67.7 Å². The van der Waals surface area contributed by atoms with Gasteiger partial charge in [0.1, 0.15) is 6.61 Å². The normalized spacial score (nSPS) is 21.0. The van der Waals surface area contributed by atoms with Gasteiger partial charge in [-0.3, -0.25) is 9.69 Å². The second-order valence-corrected chi connectivity index (χ2v) is 7.01. The summed E-state index contributed by atoms with van der Waals surface area (Å²) >= 11 is 0. The van der Waals surface area contributed by atoms with Crippen molar-refractivity contribution in [2.45, 2.75) is 38.3 Å². The monoisotopic (exact) mass is 346 g/mol. The number of hydrogen-bond acceptors (Lipinski definition) is 5. The van der Waals surface area contributed by atoms with Crippen molar-refractivity contribution in [3.8, 4) is 0 Å². The van der Waals surface area contributed by atoms with Crippen molar-refractivity contribution >= 4 is 5.97 Å². The molecule has 25 heavy (non-hydrogen) atoms. The Morgan fingerprint density at radius 1 is 1.04 bits per heavy atom. The smallest absolute Gasteiger partial charge is 0.307 e. The minimum Gasteiger partial charge on any atom is -0.461 e. The number of ether oxygens (including phenoxy) is 2. The van der Waals surface area contributed by atoms with E-state index in [9.17, 15) is 4.79 Å². The maximum absolute atomic E-state index is 12.4. The molecule has 2 heterocycles. The number of rotatable bonds is 7. The molecule has 2 aliphatic rings. The molecule has 5 heteroatoms. The Balaban J connectivity index is 1.52. The molecule has 0 aromatic heterocycles. The van der Waals surface area contributed by atoms with Crippen LogP contribution >= 0.6 is 0 Å². The first kappa shape index (κ1) is 18.4. The van der Waals surface area contributed by atoms with E-state index in [0.717, 1.165) is 51.5 Å². The molecule has 0 radical (unpaired) electrons. The van der Waals surface area contributed by atoms with Crippen LogP contribution in [0.2, 0.25) is 0 Å². The fourth-order valence-electron chi connectivity index (χ4n) is 3.68. The molecular formula is C20H30N2O3. The lowest BCUT2D eigenvalue weighted by Crippen LogP contribution is -2.50. The third-order valence-corrected chi connectivity index (χ3v) is 5.12. The van der Waals surface area contributed by atoms with Gasteiger partial charge in [0, 0.05) is 25.7 Å². The molecular weight excluding hydrogens is 316 g/mol. The number of nitrogens with zero attached hydrogens (tertiary/aromatic N) is 2. The molecule has 3 rings (SSSR count). The Hall–Kier alpha value is -1.43. The first-order chi connectivity index (χ1) is 12.3. The molecule has 0 aliphatic carbocycles. The molecule has 5 nitrogen and oxygen atoms in total. The number of likely N-dealkylation sites (tertiary alicyclic amines) is 1. The number of esters is 1. The summed E-state index contributed by atoms with van der Waals surface area (Å²) in [6.45, 7) is 6.96. The Morgan fingerprint density at radius 2 is 1.76 bits per heavy atom. The van der Waals surface area contributed by atoms with Crippen LogP contribution in [0.15, 0.2) is 30.3 Å². The van der Waals surface area contributed by atoms with E-state index in [1.165, 1.54) is 19.3 Å². The van der Waals surface area contributed by atoms with E-state index >= 15 is 0 Å². The van der Waals surface area contributed by atoms with Gasteiger partial charge in [0.05, 0.1) is 19.6 Å². The van der Waals surface area contributed by atoms with Crippen molar-refractivity contribution in [1.29, 1.82) is 0 Å². The predicted molar refractivity (Wildman–Crippen MR) is 97.3 cm³/mol. The number of benzene rings is 1. The molecule has 0 N–H and O–H groups in total. The van der Waals surface area contributed by atoms with E-state index in [2.05, 4.69) is 9.80 Å². The van der Waals surface area contributed by atoms with Gasteiger partial charge in [0.25, 0.3) is 0 Å². The SMILES string of the molecule is O=C(CC(CN1CCCCC1)N1CCOCC1)OCc1ccccc1. The van der Waals surface area contributed by atoms with E-state index in [4.69, 9.17) is 9.47 Å². The fraction of sp³-hybridized carbons (Fsp3) is 0.650. The molecule has 2 aliphatic heterocycles. The standard InChI is InChI=1S/C20H30N2O3/c23-20(25-17-18-7-3-1-4-8-18)15-19(22-11-13-24-14-12-22)16-21-9-5-2-6-10-21/h1,3-4,7-8,19H,2,5-6,9-17H2. The van der Waals surface area contributed by atoms with Crippen LogP contribution in [0.5, 0.6) is 0 Å². The van der Waals surface area contributed by atoms with Gasteiger partial charge in [-0.15, -0.1) is 0 Å². The molecule has 1 aromatic carbocycles. The molecule has 2 fully saturated rings. The van der Waals surface area contributed by atoms with Crippen molar-refractivity contribution in [3.05, 3.63) is 35.9 Å². The highest BCUT2D eigenvalue weighted by Gasteiger charge is 2.26. The lowest BCUT2D eigenvalue weighted by molar-refractivity contribution is -0.147. The first-order valence-electron chi connectivity index (χ1n) is 9.55. The van der Waals surface area contributed by atoms with Gasteiger partial charge in [-0.2, -0.15) is 0 Å². The molecule has 0 saturated carbocycles. The van der Waals surface area contributed by atoms with Crippen molar-refractivity contribution in [2.24, 2.45) is 0 Å².